The highest BCUT2D eigenvalue weighted by Crippen LogP contribution is 2.32. The molecule has 0 bridgehead atoms. The van der Waals surface area contributed by atoms with Crippen LogP contribution in [0, 0.1) is 11.8 Å². The summed E-state index contributed by atoms with van der Waals surface area (Å²) in [6.45, 7) is 0.495. The molecule has 1 aliphatic carbocycles. The molecule has 8 nitrogen and oxygen atoms in total. The lowest BCUT2D eigenvalue weighted by Gasteiger charge is -2.15. The Kier molecular flexibility index (Phi) is 6.32. The Morgan fingerprint density at radius 2 is 2.05 bits per heavy atom. The van der Waals surface area contributed by atoms with Gasteiger partial charge in [0, 0.05) is 5.92 Å². The van der Waals surface area contributed by atoms with Gasteiger partial charge in [-0.25, -0.2) is 8.42 Å². The van der Waals surface area contributed by atoms with E-state index in [9.17, 15) is 13.2 Å². The predicted octanol–water partition coefficient (Wildman–Crippen LogP) is 0.645. The Morgan fingerprint density at radius 1 is 1.38 bits per heavy atom. The second-order valence-corrected chi connectivity index (χ2v) is 7.54. The molecule has 0 spiro atoms. The van der Waals surface area contributed by atoms with Crippen molar-refractivity contribution >= 4 is 49.9 Å². The van der Waals surface area contributed by atoms with Crippen molar-refractivity contribution < 1.29 is 13.2 Å². The van der Waals surface area contributed by atoms with Crippen LogP contribution in [-0.2, 0) is 14.8 Å². The van der Waals surface area contributed by atoms with Gasteiger partial charge in [0.2, 0.25) is 26.2 Å². The third-order valence-electron chi connectivity index (χ3n) is 3.23. The molecule has 2 atom stereocenters. The lowest BCUT2D eigenvalue weighted by molar-refractivity contribution is -0.120. The number of nitrogens with two attached hydrogens (primary N) is 1. The number of nitrogens with one attached hydrogen (secondary N) is 2. The predicted molar refractivity (Wildman–Crippen MR) is 84.1 cm³/mol. The first-order chi connectivity index (χ1) is 9.39. The van der Waals surface area contributed by atoms with Gasteiger partial charge in [0.1, 0.15) is 0 Å². The van der Waals surface area contributed by atoms with Crippen LogP contribution in [0.5, 0.6) is 0 Å². The number of carbonyl (C=O) groups excluding carboxylic acids is 1. The third-order valence-corrected chi connectivity index (χ3v) is 4.67. The summed E-state index contributed by atoms with van der Waals surface area (Å²) in [6, 6.07) is 0. The molecule has 0 radical (unpaired) electrons. The summed E-state index contributed by atoms with van der Waals surface area (Å²) >= 11 is 0.980. The van der Waals surface area contributed by atoms with Crippen molar-refractivity contribution in [3.8, 4) is 0 Å². The summed E-state index contributed by atoms with van der Waals surface area (Å²) in [5, 5.41) is 10.5. The van der Waals surface area contributed by atoms with Crippen molar-refractivity contribution in [2.24, 2.45) is 17.6 Å². The SMILES string of the molecule is CS(=O)(=O)Nc1nnc(NC(=O)[C@@H]2CCC[C@@H]2CN)s1.Cl. The molecule has 0 saturated heterocycles. The number of rotatable bonds is 5. The first-order valence-electron chi connectivity index (χ1n) is 6.21. The summed E-state index contributed by atoms with van der Waals surface area (Å²) in [5.74, 6) is -0.0215. The third kappa shape index (κ3) is 5.06. The molecule has 4 N–H and O–H groups in total. The zero-order valence-corrected chi connectivity index (χ0v) is 13.9. The van der Waals surface area contributed by atoms with Crippen molar-refractivity contribution in [2.75, 3.05) is 22.8 Å². The van der Waals surface area contributed by atoms with E-state index < -0.39 is 10.0 Å². The Bertz CT molecular complexity index is 591. The zero-order chi connectivity index (χ0) is 14.8. The van der Waals surface area contributed by atoms with Crippen molar-refractivity contribution in [1.29, 1.82) is 0 Å². The smallest absolute Gasteiger partial charge is 0.231 e. The van der Waals surface area contributed by atoms with Gasteiger partial charge in [-0.15, -0.1) is 22.6 Å². The van der Waals surface area contributed by atoms with Crippen LogP contribution in [0.1, 0.15) is 19.3 Å². The number of halogens is 1. The van der Waals surface area contributed by atoms with Gasteiger partial charge in [-0.2, -0.15) is 0 Å². The topological polar surface area (TPSA) is 127 Å². The minimum absolute atomic E-state index is 0. The van der Waals surface area contributed by atoms with Crippen LogP contribution in [0.4, 0.5) is 10.3 Å². The first kappa shape index (κ1) is 18.1. The summed E-state index contributed by atoms with van der Waals surface area (Å²) < 4.78 is 24.3. The van der Waals surface area contributed by atoms with Crippen LogP contribution in [-0.4, -0.2) is 37.3 Å². The lowest BCUT2D eigenvalue weighted by atomic mass is 9.95. The van der Waals surface area contributed by atoms with E-state index in [1.54, 1.807) is 0 Å². The molecule has 1 aromatic heterocycles. The van der Waals surface area contributed by atoms with Gasteiger partial charge in [-0.1, -0.05) is 17.8 Å². The highest BCUT2D eigenvalue weighted by atomic mass is 35.5. The highest BCUT2D eigenvalue weighted by Gasteiger charge is 2.32. The minimum Gasteiger partial charge on any atom is -0.330 e. The monoisotopic (exact) mass is 355 g/mol. The number of hydrogen-bond acceptors (Lipinski definition) is 7. The molecule has 1 heterocycles. The molecule has 0 aliphatic heterocycles. The number of carbonyl (C=O) groups is 1. The Hall–Kier alpha value is -0.970. The molecule has 1 saturated carbocycles. The maximum atomic E-state index is 12.1. The summed E-state index contributed by atoms with van der Waals surface area (Å²) in [6.07, 6.45) is 3.81. The molecular formula is C10H18ClN5O3S2. The Balaban J connectivity index is 0.00000220. The Morgan fingerprint density at radius 3 is 2.67 bits per heavy atom. The van der Waals surface area contributed by atoms with Crippen LogP contribution >= 0.6 is 23.7 Å². The second-order valence-electron chi connectivity index (χ2n) is 4.81. The average molecular weight is 356 g/mol. The molecule has 120 valence electrons. The summed E-state index contributed by atoms with van der Waals surface area (Å²) in [7, 11) is -3.39. The molecule has 0 unspecified atom stereocenters. The molecule has 1 aromatic rings. The van der Waals surface area contributed by atoms with Crippen molar-refractivity contribution in [1.82, 2.24) is 10.2 Å². The van der Waals surface area contributed by atoms with Gasteiger partial charge in [-0.3, -0.25) is 9.52 Å². The summed E-state index contributed by atoms with van der Waals surface area (Å²) in [5.41, 5.74) is 5.65. The molecule has 1 aliphatic rings. The van der Waals surface area contributed by atoms with Gasteiger partial charge < -0.3 is 11.1 Å². The van der Waals surface area contributed by atoms with Gasteiger partial charge in [0.05, 0.1) is 6.26 Å². The maximum absolute atomic E-state index is 12.1. The number of sulfonamides is 1. The summed E-state index contributed by atoms with van der Waals surface area (Å²) in [4.78, 5) is 12.1. The van der Waals surface area contributed by atoms with Crippen LogP contribution in [0.25, 0.3) is 0 Å². The largest absolute Gasteiger partial charge is 0.330 e. The highest BCUT2D eigenvalue weighted by molar-refractivity contribution is 7.92. The minimum atomic E-state index is -3.39. The molecule has 1 fully saturated rings. The van der Waals surface area contributed by atoms with Gasteiger partial charge in [0.25, 0.3) is 0 Å². The number of hydrogen-bond donors (Lipinski definition) is 3. The van der Waals surface area contributed by atoms with Gasteiger partial charge in [-0.05, 0) is 25.3 Å². The normalized spacial score (nSPS) is 21.6. The number of anilines is 2. The average Bonchev–Trinajstić information content (AvgIpc) is 2.95. The second kappa shape index (κ2) is 7.34. The van der Waals surface area contributed by atoms with Crippen molar-refractivity contribution in [2.45, 2.75) is 19.3 Å². The van der Waals surface area contributed by atoms with Crippen LogP contribution in [0.3, 0.4) is 0 Å². The van der Waals surface area contributed by atoms with Gasteiger partial charge in [0.15, 0.2) is 0 Å². The number of nitrogens with zero attached hydrogens (tertiary/aromatic N) is 2. The first-order valence-corrected chi connectivity index (χ1v) is 8.92. The fraction of sp³-hybridized carbons (Fsp3) is 0.700. The molecular weight excluding hydrogens is 338 g/mol. The van der Waals surface area contributed by atoms with E-state index in [0.29, 0.717) is 6.54 Å². The van der Waals surface area contributed by atoms with E-state index >= 15 is 0 Å². The molecule has 11 heteroatoms. The maximum Gasteiger partial charge on any atom is 0.231 e. The Labute approximate surface area is 133 Å². The lowest BCUT2D eigenvalue weighted by Crippen LogP contribution is -2.29. The quantitative estimate of drug-likeness (QED) is 0.711. The van der Waals surface area contributed by atoms with Crippen LogP contribution in [0.2, 0.25) is 0 Å². The standard InChI is InChI=1S/C10H17N5O3S2.ClH/c1-20(17,18)15-10-14-13-9(19-10)12-8(16)7-4-2-3-6(7)5-11;/h6-7H,2-5,11H2,1H3,(H,14,15)(H,12,13,16);1H/t6-,7-;/m1./s1. The van der Waals surface area contributed by atoms with Gasteiger partial charge >= 0.3 is 0 Å². The zero-order valence-electron chi connectivity index (χ0n) is 11.4. The van der Waals surface area contributed by atoms with Crippen LogP contribution in [0.15, 0.2) is 0 Å². The molecule has 0 aromatic carbocycles. The van der Waals surface area contributed by atoms with Crippen molar-refractivity contribution in [3.63, 3.8) is 0 Å². The number of amides is 1. The van der Waals surface area contributed by atoms with Crippen LogP contribution < -0.4 is 15.8 Å². The molecule has 21 heavy (non-hydrogen) atoms. The van der Waals surface area contributed by atoms with E-state index in [1.807, 2.05) is 0 Å². The van der Waals surface area contributed by atoms with E-state index in [0.717, 1.165) is 36.9 Å². The van der Waals surface area contributed by atoms with E-state index in [4.69, 9.17) is 5.73 Å². The van der Waals surface area contributed by atoms with E-state index in [2.05, 4.69) is 20.2 Å². The van der Waals surface area contributed by atoms with Crippen molar-refractivity contribution in [3.05, 3.63) is 0 Å². The number of aromatic nitrogens is 2. The molecule has 1 amide bonds. The van der Waals surface area contributed by atoms with E-state index in [1.165, 1.54) is 0 Å². The van der Waals surface area contributed by atoms with E-state index in [-0.39, 0.29) is 40.4 Å². The molecule has 2 rings (SSSR count). The fourth-order valence-corrected chi connectivity index (χ4v) is 3.81. The fourth-order valence-electron chi connectivity index (χ4n) is 2.34.